The maximum Gasteiger partial charge on any atom is 1.00 e. The molecule has 3 aromatic rings. The largest absolute Gasteiger partial charge is 1.00 e. The number of unbranched alkanes of at least 4 members (excludes halogenated alkanes) is 1. The molecule has 4 rings (SSSR count). The van der Waals surface area contributed by atoms with Crippen LogP contribution in [-0.4, -0.2) is 19.9 Å². The topological polar surface area (TPSA) is 4.93 Å². The van der Waals surface area contributed by atoms with Crippen molar-refractivity contribution in [1.82, 2.24) is 4.23 Å². The minimum Gasteiger partial charge on any atom is -0.373 e. The molecule has 0 radical (unpaired) electrons. The Hall–Kier alpha value is -0.959. The van der Waals surface area contributed by atoms with Crippen LogP contribution < -0.4 is 18.9 Å². The van der Waals surface area contributed by atoms with E-state index >= 15 is 0 Å². The van der Waals surface area contributed by atoms with Crippen molar-refractivity contribution >= 4 is 43.7 Å². The van der Waals surface area contributed by atoms with Crippen molar-refractivity contribution < 1.29 is 18.9 Å². The molecule has 0 amide bonds. The third-order valence-corrected chi connectivity index (χ3v) is 25.5. The van der Waals surface area contributed by atoms with Gasteiger partial charge in [0.25, 0.3) is 0 Å². The Morgan fingerprint density at radius 3 is 1.56 bits per heavy atom. The third-order valence-electron chi connectivity index (χ3n) is 9.49. The predicted octanol–water partition coefficient (Wildman–Crippen LogP) is 11.6. The fourth-order valence-corrected chi connectivity index (χ4v) is 18.1. The van der Waals surface area contributed by atoms with Gasteiger partial charge in [-0.05, 0) is 74.5 Å². The van der Waals surface area contributed by atoms with Crippen molar-refractivity contribution in [2.45, 2.75) is 150 Å². The van der Waals surface area contributed by atoms with E-state index in [0.717, 1.165) is 29.5 Å². The molecule has 45 heavy (non-hydrogen) atoms. The van der Waals surface area contributed by atoms with Gasteiger partial charge in [0.05, 0.1) is 0 Å². The zero-order valence-electron chi connectivity index (χ0n) is 31.0. The molecule has 1 heterocycles. The molecule has 5 heteroatoms. The average molecular weight is 663 g/mol. The van der Waals surface area contributed by atoms with Gasteiger partial charge in [-0.2, -0.15) is 17.5 Å². The number of hydrogen-bond donors (Lipinski definition) is 0. The molecule has 250 valence electrons. The van der Waals surface area contributed by atoms with Crippen molar-refractivity contribution in [2.75, 3.05) is 0 Å². The second kappa shape index (κ2) is 21.8. The Morgan fingerprint density at radius 2 is 1.16 bits per heavy atom. The summed E-state index contributed by atoms with van der Waals surface area (Å²) in [5.74, 6) is 0. The normalized spacial score (nSPS) is 12.3. The molecule has 0 spiro atoms. The van der Waals surface area contributed by atoms with Crippen LogP contribution in [0.1, 0.15) is 121 Å². The van der Waals surface area contributed by atoms with E-state index in [2.05, 4.69) is 174 Å². The SMILES string of the molecule is C.C1=Cc2ccccc2C1.CC(C)[Si](C(C)C)(C(C)C)n1ccc2ccccc21.CC(C)[Si](Cl)(C(C)C)C(C)C.[CH2-]CCC.[Li+]. The molecule has 2 aromatic carbocycles. The monoisotopic (exact) mass is 661 g/mol. The summed E-state index contributed by atoms with van der Waals surface area (Å²) in [6.45, 7) is 33.8. The van der Waals surface area contributed by atoms with Crippen LogP contribution in [0.5, 0.6) is 0 Å². The van der Waals surface area contributed by atoms with E-state index in [4.69, 9.17) is 11.1 Å². The van der Waals surface area contributed by atoms with Gasteiger partial charge in [0.1, 0.15) is 0 Å². The second-order valence-electron chi connectivity index (χ2n) is 14.0. The zero-order chi connectivity index (χ0) is 33.0. The summed E-state index contributed by atoms with van der Waals surface area (Å²) in [6, 6.07) is 19.6. The van der Waals surface area contributed by atoms with Crippen LogP contribution in [0.15, 0.2) is 66.9 Å². The van der Waals surface area contributed by atoms with Crippen molar-refractivity contribution in [3.8, 4) is 0 Å². The van der Waals surface area contributed by atoms with Crippen molar-refractivity contribution in [3.05, 3.63) is 84.9 Å². The molecule has 0 atom stereocenters. The first-order valence-corrected chi connectivity index (χ1v) is 22.3. The standard InChI is InChI=1S/C17H27NSi.C9H21ClSi.C9H8.C4H9.CH4.Li/c1-13(2)19(14(3)4,15(5)6)18-12-11-16-9-7-8-10-17(16)18;1-7(2)11(10,8(3)4)9(5)6;1-2-5-9-7-3-6-8(9)4-1;1-3-4-2;;/h7-15H,1-6H3;7-9H,1-6H3;1-6H,7H2;1,3-4H2,2H3;1H4;/q;;;-1;;+1. The fraction of sp³-hybridized carbons (Fsp3) is 0.575. The van der Waals surface area contributed by atoms with Crippen LogP contribution >= 0.6 is 11.1 Å². The molecule has 1 aromatic heterocycles. The number of benzene rings is 2. The van der Waals surface area contributed by atoms with Crippen LogP contribution in [-0.2, 0) is 6.42 Å². The zero-order valence-corrected chi connectivity index (χ0v) is 33.8. The molecule has 0 fully saturated rings. The molecule has 1 nitrogen and oxygen atoms in total. The Morgan fingerprint density at radius 1 is 0.711 bits per heavy atom. The van der Waals surface area contributed by atoms with Gasteiger partial charge >= 0.3 is 18.9 Å². The van der Waals surface area contributed by atoms with Gasteiger partial charge < -0.3 is 11.2 Å². The first-order valence-electron chi connectivity index (χ1n) is 16.9. The Labute approximate surface area is 300 Å². The summed E-state index contributed by atoms with van der Waals surface area (Å²) in [5, 5.41) is 1.38. The summed E-state index contributed by atoms with van der Waals surface area (Å²) in [4.78, 5) is 0. The van der Waals surface area contributed by atoms with Crippen LogP contribution in [0, 0.1) is 6.92 Å². The number of nitrogens with zero attached hydrogens (tertiary/aromatic N) is 1. The van der Waals surface area contributed by atoms with Gasteiger partial charge in [0.15, 0.2) is 15.6 Å². The molecule has 0 unspecified atom stereocenters. The Balaban J connectivity index is 0. The Kier molecular flexibility index (Phi) is 22.4. The fourth-order valence-electron chi connectivity index (χ4n) is 7.45. The maximum atomic E-state index is 6.68. The van der Waals surface area contributed by atoms with E-state index in [9.17, 15) is 0 Å². The van der Waals surface area contributed by atoms with Gasteiger partial charge in [0.2, 0.25) is 0 Å². The van der Waals surface area contributed by atoms with Gasteiger partial charge in [-0.3, -0.25) is 0 Å². The van der Waals surface area contributed by atoms with Crippen LogP contribution in [0.25, 0.3) is 17.0 Å². The third kappa shape index (κ3) is 11.6. The smallest absolute Gasteiger partial charge is 0.373 e. The molecule has 0 saturated carbocycles. The van der Waals surface area contributed by atoms with Crippen LogP contribution in [0.4, 0.5) is 0 Å². The molecule has 0 saturated heterocycles. The first-order chi connectivity index (χ1) is 20.1. The summed E-state index contributed by atoms with van der Waals surface area (Å²) in [7, 11) is -3.11. The molecular formula is C40H69ClLiNSi2. The quantitative estimate of drug-likeness (QED) is 0.129. The van der Waals surface area contributed by atoms with Gasteiger partial charge in [-0.25, -0.2) is 0 Å². The average Bonchev–Trinajstić information content (AvgIpc) is 3.61. The number of hydrogen-bond acceptors (Lipinski definition) is 0. The van der Waals surface area contributed by atoms with E-state index in [0.29, 0.717) is 16.6 Å². The summed E-state index contributed by atoms with van der Waals surface area (Å²) >= 11 is 6.68. The molecular weight excluding hydrogens is 593 g/mol. The first kappa shape index (κ1) is 46.2. The molecule has 1 aliphatic rings. The van der Waals surface area contributed by atoms with E-state index in [1.807, 2.05) is 0 Å². The van der Waals surface area contributed by atoms with Crippen molar-refractivity contribution in [1.29, 1.82) is 0 Å². The maximum absolute atomic E-state index is 6.68. The number of fused-ring (bicyclic) bond motifs is 2. The van der Waals surface area contributed by atoms with E-state index in [1.165, 1.54) is 28.5 Å². The molecule has 0 N–H and O–H groups in total. The summed E-state index contributed by atoms with van der Waals surface area (Å²) in [5.41, 5.74) is 8.53. The molecule has 1 aliphatic carbocycles. The predicted molar refractivity (Wildman–Crippen MR) is 211 cm³/mol. The van der Waals surface area contributed by atoms with Crippen molar-refractivity contribution in [3.63, 3.8) is 0 Å². The number of halogens is 1. The van der Waals surface area contributed by atoms with Gasteiger partial charge in [0, 0.05) is 5.52 Å². The second-order valence-corrected chi connectivity index (χ2v) is 26.8. The Bertz CT molecular complexity index is 1180. The van der Waals surface area contributed by atoms with Gasteiger partial charge in [-0.1, -0.05) is 158 Å². The van der Waals surface area contributed by atoms with Gasteiger partial charge in [-0.15, -0.1) is 0 Å². The van der Waals surface area contributed by atoms with E-state index in [1.54, 1.807) is 0 Å². The number of para-hydroxylation sites is 1. The van der Waals surface area contributed by atoms with E-state index < -0.39 is 15.6 Å². The summed E-state index contributed by atoms with van der Waals surface area (Å²) < 4.78 is 2.67. The number of aromatic nitrogens is 1. The molecule has 0 aliphatic heterocycles. The number of rotatable bonds is 8. The molecule has 0 bridgehead atoms. The van der Waals surface area contributed by atoms with E-state index in [-0.39, 0.29) is 26.3 Å². The summed E-state index contributed by atoms with van der Waals surface area (Å²) in [6.07, 6.45) is 10.1. The van der Waals surface area contributed by atoms with Crippen LogP contribution in [0.3, 0.4) is 0 Å². The minimum atomic E-state index is -1.60. The number of allylic oxidation sites excluding steroid dienone is 1. The minimum absolute atomic E-state index is 0. The van der Waals surface area contributed by atoms with Crippen molar-refractivity contribution in [2.24, 2.45) is 0 Å². The van der Waals surface area contributed by atoms with Crippen LogP contribution in [0.2, 0.25) is 33.2 Å².